The van der Waals surface area contributed by atoms with Gasteiger partial charge in [-0.15, -0.1) is 0 Å². The molecule has 2 amide bonds. The smallest absolute Gasteiger partial charge is 0.255 e. The quantitative estimate of drug-likeness (QED) is 0.341. The Balaban J connectivity index is 1.52. The second kappa shape index (κ2) is 11.0. The molecule has 0 saturated heterocycles. The number of anilines is 1. The number of nitrogens with one attached hydrogen (secondary N) is 1. The van der Waals surface area contributed by atoms with Crippen LogP contribution in [0.2, 0.25) is 0 Å². The van der Waals surface area contributed by atoms with Gasteiger partial charge in [0, 0.05) is 11.1 Å². The predicted octanol–water partition coefficient (Wildman–Crippen LogP) is 5.50. The van der Waals surface area contributed by atoms with Crippen LogP contribution >= 0.6 is 0 Å². The lowest BCUT2D eigenvalue weighted by molar-refractivity contribution is 0.0998. The lowest BCUT2D eigenvalue weighted by Gasteiger charge is -2.15. The van der Waals surface area contributed by atoms with Crippen molar-refractivity contribution in [1.82, 2.24) is 0 Å². The maximum atomic E-state index is 13.1. The van der Waals surface area contributed by atoms with E-state index in [0.717, 1.165) is 16.7 Å². The molecule has 0 radical (unpaired) electrons. The summed E-state index contributed by atoms with van der Waals surface area (Å²) < 4.78 is 11.9. The molecule has 3 N–H and O–H groups in total. The minimum atomic E-state index is -0.578. The van der Waals surface area contributed by atoms with Gasteiger partial charge in [-0.2, -0.15) is 0 Å². The van der Waals surface area contributed by atoms with Crippen LogP contribution < -0.4 is 20.5 Å². The van der Waals surface area contributed by atoms with Crippen molar-refractivity contribution in [2.24, 2.45) is 5.73 Å². The van der Waals surface area contributed by atoms with Crippen molar-refractivity contribution >= 4 is 17.5 Å². The summed E-state index contributed by atoms with van der Waals surface area (Å²) in [6.07, 6.45) is 0. The summed E-state index contributed by atoms with van der Waals surface area (Å²) >= 11 is 0. The van der Waals surface area contributed by atoms with Crippen molar-refractivity contribution in [2.75, 3.05) is 5.32 Å². The first-order valence-electron chi connectivity index (χ1n) is 11.2. The molecule has 176 valence electrons. The molecule has 0 fully saturated rings. The maximum Gasteiger partial charge on any atom is 0.255 e. The molecule has 0 atom stereocenters. The van der Waals surface area contributed by atoms with Gasteiger partial charge in [-0.25, -0.2) is 0 Å². The third kappa shape index (κ3) is 6.26. The van der Waals surface area contributed by atoms with Crippen molar-refractivity contribution in [3.63, 3.8) is 0 Å². The average molecular weight is 467 g/mol. The lowest BCUT2D eigenvalue weighted by atomic mass is 10.1. The number of hydrogen-bond acceptors (Lipinski definition) is 4. The van der Waals surface area contributed by atoms with E-state index in [2.05, 4.69) is 5.32 Å². The molecule has 6 nitrogen and oxygen atoms in total. The number of ether oxygens (including phenoxy) is 2. The number of amides is 2. The number of rotatable bonds is 9. The first-order chi connectivity index (χ1) is 17.0. The zero-order chi connectivity index (χ0) is 24.6. The van der Waals surface area contributed by atoms with Gasteiger partial charge in [-0.3, -0.25) is 9.59 Å². The third-order valence-corrected chi connectivity index (χ3v) is 5.44. The molecule has 0 aliphatic carbocycles. The van der Waals surface area contributed by atoms with E-state index in [1.165, 1.54) is 6.07 Å². The lowest BCUT2D eigenvalue weighted by Crippen LogP contribution is -2.15. The van der Waals surface area contributed by atoms with Gasteiger partial charge < -0.3 is 20.5 Å². The van der Waals surface area contributed by atoms with Gasteiger partial charge in [-0.1, -0.05) is 66.7 Å². The molecule has 0 spiro atoms. The van der Waals surface area contributed by atoms with E-state index < -0.39 is 5.91 Å². The second-order valence-electron chi connectivity index (χ2n) is 8.06. The van der Waals surface area contributed by atoms with Crippen molar-refractivity contribution in [2.45, 2.75) is 20.1 Å². The highest BCUT2D eigenvalue weighted by atomic mass is 16.5. The van der Waals surface area contributed by atoms with Crippen LogP contribution in [0, 0.1) is 6.92 Å². The minimum Gasteiger partial charge on any atom is -0.489 e. The van der Waals surface area contributed by atoms with E-state index in [0.29, 0.717) is 29.4 Å². The van der Waals surface area contributed by atoms with Crippen molar-refractivity contribution in [3.05, 3.63) is 125 Å². The highest BCUT2D eigenvalue weighted by Crippen LogP contribution is 2.28. The summed E-state index contributed by atoms with van der Waals surface area (Å²) in [6.45, 7) is 2.60. The van der Waals surface area contributed by atoms with Gasteiger partial charge in [0.1, 0.15) is 24.7 Å². The number of carbonyl (C=O) groups excluding carboxylic acids is 2. The van der Waals surface area contributed by atoms with Gasteiger partial charge in [0.15, 0.2) is 0 Å². The normalized spacial score (nSPS) is 10.4. The number of nitrogens with two attached hydrogens (primary N) is 1. The molecule has 0 aliphatic rings. The highest BCUT2D eigenvalue weighted by molar-refractivity contribution is 6.05. The number of hydrogen-bond donors (Lipinski definition) is 2. The molecule has 4 aromatic carbocycles. The molecule has 4 rings (SSSR count). The van der Waals surface area contributed by atoms with E-state index in [-0.39, 0.29) is 18.1 Å². The van der Waals surface area contributed by atoms with Gasteiger partial charge in [0.25, 0.3) is 5.91 Å². The fourth-order valence-corrected chi connectivity index (χ4v) is 3.46. The largest absolute Gasteiger partial charge is 0.489 e. The molecule has 0 aromatic heterocycles. The van der Waals surface area contributed by atoms with Gasteiger partial charge >= 0.3 is 0 Å². The second-order valence-corrected chi connectivity index (χ2v) is 8.06. The van der Waals surface area contributed by atoms with Crippen LogP contribution in [0.1, 0.15) is 37.4 Å². The summed E-state index contributed by atoms with van der Waals surface area (Å²) in [6, 6.07) is 29.4. The summed E-state index contributed by atoms with van der Waals surface area (Å²) in [4.78, 5) is 24.8. The third-order valence-electron chi connectivity index (χ3n) is 5.44. The van der Waals surface area contributed by atoms with E-state index in [1.807, 2.05) is 73.7 Å². The van der Waals surface area contributed by atoms with Crippen LogP contribution in [0.25, 0.3) is 0 Å². The van der Waals surface area contributed by atoms with E-state index in [1.54, 1.807) is 24.3 Å². The Hall–Kier alpha value is -4.58. The molecule has 0 unspecified atom stereocenters. The Morgan fingerprint density at radius 3 is 1.86 bits per heavy atom. The molecule has 0 bridgehead atoms. The first kappa shape index (κ1) is 23.6. The average Bonchev–Trinajstić information content (AvgIpc) is 2.88. The standard InChI is InChI=1S/C29H26N2O4/c1-20-12-13-24(17-26(20)34-18-21-8-4-2-5-9-21)29(33)31-25-15-14-23(28(30)32)16-27(25)35-19-22-10-6-3-7-11-22/h2-17H,18-19H2,1H3,(H2,30,32)(H,31,33). The van der Waals surface area contributed by atoms with Crippen LogP contribution in [0.15, 0.2) is 97.1 Å². The molecule has 0 aliphatic heterocycles. The molecule has 0 saturated carbocycles. The molecule has 35 heavy (non-hydrogen) atoms. The van der Waals surface area contributed by atoms with Crippen LogP contribution in [0.5, 0.6) is 11.5 Å². The Morgan fingerprint density at radius 1 is 0.714 bits per heavy atom. The van der Waals surface area contributed by atoms with E-state index >= 15 is 0 Å². The van der Waals surface area contributed by atoms with E-state index in [4.69, 9.17) is 15.2 Å². The summed E-state index contributed by atoms with van der Waals surface area (Å²) in [7, 11) is 0. The van der Waals surface area contributed by atoms with Crippen molar-refractivity contribution < 1.29 is 19.1 Å². The summed E-state index contributed by atoms with van der Waals surface area (Å²) in [5.41, 5.74) is 9.51. The zero-order valence-corrected chi connectivity index (χ0v) is 19.4. The Kier molecular flexibility index (Phi) is 7.43. The minimum absolute atomic E-state index is 0.272. The molecule has 6 heteroatoms. The van der Waals surface area contributed by atoms with Gasteiger partial charge in [0.05, 0.1) is 5.69 Å². The first-order valence-corrected chi connectivity index (χ1v) is 11.2. The topological polar surface area (TPSA) is 90.7 Å². The number of aryl methyl sites for hydroxylation is 1. The molecular weight excluding hydrogens is 440 g/mol. The maximum absolute atomic E-state index is 13.1. The Labute approximate surface area is 204 Å². The van der Waals surface area contributed by atoms with Gasteiger partial charge in [0.2, 0.25) is 5.91 Å². The van der Waals surface area contributed by atoms with Crippen molar-refractivity contribution in [3.8, 4) is 11.5 Å². The van der Waals surface area contributed by atoms with E-state index in [9.17, 15) is 9.59 Å². The molecule has 0 heterocycles. The number of primary amides is 1. The van der Waals surface area contributed by atoms with Crippen LogP contribution in [0.3, 0.4) is 0 Å². The number of carbonyl (C=O) groups is 2. The SMILES string of the molecule is Cc1ccc(C(=O)Nc2ccc(C(N)=O)cc2OCc2ccccc2)cc1OCc1ccccc1. The van der Waals surface area contributed by atoms with Crippen LogP contribution in [-0.2, 0) is 13.2 Å². The highest BCUT2D eigenvalue weighted by Gasteiger charge is 2.14. The Bertz CT molecular complexity index is 1320. The number of benzene rings is 4. The Morgan fingerprint density at radius 2 is 1.26 bits per heavy atom. The predicted molar refractivity (Wildman–Crippen MR) is 136 cm³/mol. The van der Waals surface area contributed by atoms with Crippen LogP contribution in [0.4, 0.5) is 5.69 Å². The van der Waals surface area contributed by atoms with Gasteiger partial charge in [-0.05, 0) is 53.9 Å². The summed E-state index contributed by atoms with van der Waals surface area (Å²) in [5, 5.41) is 2.88. The monoisotopic (exact) mass is 466 g/mol. The fourth-order valence-electron chi connectivity index (χ4n) is 3.46. The fraction of sp³-hybridized carbons (Fsp3) is 0.103. The molecule has 4 aromatic rings. The van der Waals surface area contributed by atoms with Crippen LogP contribution in [-0.4, -0.2) is 11.8 Å². The summed E-state index contributed by atoms with van der Waals surface area (Å²) in [5.74, 6) is 0.0782. The molecular formula is C29H26N2O4. The zero-order valence-electron chi connectivity index (χ0n) is 19.4. The van der Waals surface area contributed by atoms with Crippen molar-refractivity contribution in [1.29, 1.82) is 0 Å².